The molecule has 0 spiro atoms. The maximum atomic E-state index is 5.51. The molecule has 7 aromatic carbocycles. The molecule has 3 nitrogen and oxygen atoms in total. The van der Waals surface area contributed by atoms with E-state index in [4.69, 9.17) is 4.74 Å². The second-order valence-electron chi connectivity index (χ2n) is 15.0. The first-order chi connectivity index (χ1) is 25.3. The van der Waals surface area contributed by atoms with Crippen molar-refractivity contribution in [3.8, 4) is 33.8 Å². The highest BCUT2D eigenvalue weighted by Crippen LogP contribution is 2.47. The van der Waals surface area contributed by atoms with Crippen LogP contribution in [-0.4, -0.2) is 11.7 Å². The van der Waals surface area contributed by atoms with Gasteiger partial charge in [0.1, 0.15) is 5.75 Å². The minimum atomic E-state index is 0.104. The number of benzene rings is 7. The van der Waals surface area contributed by atoms with Crippen LogP contribution in [0, 0.1) is 0 Å². The smallest absolute Gasteiger partial charge is 0.119 e. The van der Waals surface area contributed by atoms with E-state index in [1.165, 1.54) is 66.4 Å². The molecule has 0 N–H and O–H groups in total. The third-order valence-corrected chi connectivity index (χ3v) is 10.8. The highest BCUT2D eigenvalue weighted by Gasteiger charge is 2.32. The molecule has 254 valence electrons. The van der Waals surface area contributed by atoms with E-state index in [1.54, 1.807) is 7.11 Å². The number of fused-ring (bicyclic) bond motifs is 3. The maximum absolute atomic E-state index is 5.51. The fourth-order valence-corrected chi connectivity index (χ4v) is 7.96. The van der Waals surface area contributed by atoms with E-state index in [-0.39, 0.29) is 11.5 Å². The Hall–Kier alpha value is -6.06. The molecule has 1 unspecified atom stereocenters. The molecule has 0 radical (unpaired) electrons. The van der Waals surface area contributed by atoms with Gasteiger partial charge in [0.15, 0.2) is 0 Å². The predicted molar refractivity (Wildman–Crippen MR) is 218 cm³/mol. The van der Waals surface area contributed by atoms with Gasteiger partial charge in [0.2, 0.25) is 0 Å². The summed E-state index contributed by atoms with van der Waals surface area (Å²) in [4.78, 5) is 2.55. The van der Waals surface area contributed by atoms with Crippen molar-refractivity contribution in [1.29, 1.82) is 0 Å². The van der Waals surface area contributed by atoms with Gasteiger partial charge >= 0.3 is 0 Å². The van der Waals surface area contributed by atoms with Crippen molar-refractivity contribution in [2.45, 2.75) is 38.6 Å². The molecule has 0 fully saturated rings. The lowest BCUT2D eigenvalue weighted by Gasteiger charge is -2.29. The summed E-state index contributed by atoms with van der Waals surface area (Å²) in [5.41, 5.74) is 13.7. The molecule has 8 aromatic rings. The Balaban J connectivity index is 1.16. The first-order valence-electron chi connectivity index (χ1n) is 18.2. The molecular formula is C49H42N2O. The van der Waals surface area contributed by atoms with Crippen LogP contribution >= 0.6 is 0 Å². The molecule has 1 aliphatic heterocycles. The molecule has 1 atom stereocenters. The maximum Gasteiger partial charge on any atom is 0.119 e. The molecule has 2 heterocycles. The number of rotatable bonds is 6. The van der Waals surface area contributed by atoms with Crippen LogP contribution in [-0.2, 0) is 11.8 Å². The Kier molecular flexibility index (Phi) is 7.73. The van der Waals surface area contributed by atoms with Crippen LogP contribution in [0.15, 0.2) is 164 Å². The van der Waals surface area contributed by atoms with Crippen LogP contribution in [0.3, 0.4) is 0 Å². The van der Waals surface area contributed by atoms with E-state index in [0.717, 1.165) is 23.6 Å². The van der Waals surface area contributed by atoms with Gasteiger partial charge in [0.25, 0.3) is 0 Å². The molecule has 1 aliphatic rings. The number of methoxy groups -OCH3 is 1. The quantitative estimate of drug-likeness (QED) is 0.175. The lowest BCUT2D eigenvalue weighted by atomic mass is 9.87. The van der Waals surface area contributed by atoms with E-state index >= 15 is 0 Å². The third-order valence-electron chi connectivity index (χ3n) is 10.8. The summed E-state index contributed by atoms with van der Waals surface area (Å²) in [5.74, 6) is 0.847. The van der Waals surface area contributed by atoms with Crippen molar-refractivity contribution in [2.24, 2.45) is 0 Å². The first kappa shape index (κ1) is 31.9. The van der Waals surface area contributed by atoms with Crippen LogP contribution in [0.25, 0.3) is 49.7 Å². The lowest BCUT2D eigenvalue weighted by Crippen LogP contribution is -2.20. The summed E-state index contributed by atoms with van der Waals surface area (Å²) >= 11 is 0. The summed E-state index contributed by atoms with van der Waals surface area (Å²) in [6.45, 7) is 6.83. The van der Waals surface area contributed by atoms with Crippen LogP contribution in [0.5, 0.6) is 5.75 Å². The average Bonchev–Trinajstić information content (AvgIpc) is 3.76. The zero-order valence-electron chi connectivity index (χ0n) is 30.2. The monoisotopic (exact) mass is 674 g/mol. The fourth-order valence-electron chi connectivity index (χ4n) is 7.96. The van der Waals surface area contributed by atoms with E-state index in [0.29, 0.717) is 0 Å². The van der Waals surface area contributed by atoms with Gasteiger partial charge in [-0.15, -0.1) is 0 Å². The van der Waals surface area contributed by atoms with Gasteiger partial charge in [0, 0.05) is 22.4 Å². The van der Waals surface area contributed by atoms with E-state index in [2.05, 4.69) is 182 Å². The second kappa shape index (κ2) is 12.6. The number of nitrogens with zero attached hydrogens (tertiary/aromatic N) is 2. The molecule has 0 saturated carbocycles. The summed E-state index contributed by atoms with van der Waals surface area (Å²) in [6.07, 6.45) is 0.972. The van der Waals surface area contributed by atoms with Gasteiger partial charge in [-0.05, 0) is 123 Å². The van der Waals surface area contributed by atoms with Crippen LogP contribution in [0.1, 0.15) is 43.5 Å². The molecule has 1 aromatic heterocycles. The average molecular weight is 675 g/mol. The van der Waals surface area contributed by atoms with Gasteiger partial charge in [-0.25, -0.2) is 0 Å². The Morgan fingerprint density at radius 3 is 1.96 bits per heavy atom. The number of hydrogen-bond acceptors (Lipinski definition) is 2. The molecule has 52 heavy (non-hydrogen) atoms. The van der Waals surface area contributed by atoms with E-state index in [9.17, 15) is 0 Å². The van der Waals surface area contributed by atoms with Gasteiger partial charge in [-0.2, -0.15) is 0 Å². The van der Waals surface area contributed by atoms with Crippen LogP contribution in [0.2, 0.25) is 0 Å². The Morgan fingerprint density at radius 1 is 0.558 bits per heavy atom. The summed E-state index contributed by atoms with van der Waals surface area (Å²) in [6, 6.07) is 60.4. The Morgan fingerprint density at radius 2 is 1.21 bits per heavy atom. The molecule has 0 saturated heterocycles. The van der Waals surface area contributed by atoms with Crippen molar-refractivity contribution < 1.29 is 4.74 Å². The molecule has 9 rings (SSSR count). The first-order valence-corrected chi connectivity index (χ1v) is 18.2. The Bertz CT molecular complexity index is 2560. The van der Waals surface area contributed by atoms with Gasteiger partial charge < -0.3 is 14.2 Å². The largest absolute Gasteiger partial charge is 0.497 e. The highest BCUT2D eigenvalue weighted by atomic mass is 16.5. The molecule has 3 heteroatoms. The Labute approximate surface area is 306 Å². The standard InChI is InChI=1S/C49H42N2O/c1-49(2,3)41-19-21-42(22-20-41)51-46(34-11-6-5-7-12-34)31-39-17-15-37(30-47(39)51)36-18-27-45-40(29-36)32-48(50(45)43-23-25-44(52-4)26-24-43)38-16-14-33-10-8-9-13-35(33)28-38/h5-30,32,46H,31H2,1-4H3. The van der Waals surface area contributed by atoms with Crippen LogP contribution < -0.4 is 9.64 Å². The summed E-state index contributed by atoms with van der Waals surface area (Å²) in [5, 5.41) is 3.68. The number of aromatic nitrogens is 1. The second-order valence-corrected chi connectivity index (χ2v) is 15.0. The third kappa shape index (κ3) is 5.63. The summed E-state index contributed by atoms with van der Waals surface area (Å²) < 4.78 is 7.88. The van der Waals surface area contributed by atoms with Crippen molar-refractivity contribution in [3.63, 3.8) is 0 Å². The minimum Gasteiger partial charge on any atom is -0.497 e. The molecule has 0 aliphatic carbocycles. The van der Waals surface area contributed by atoms with Gasteiger partial charge in [0.05, 0.1) is 24.4 Å². The molecular weight excluding hydrogens is 633 g/mol. The lowest BCUT2D eigenvalue weighted by molar-refractivity contribution is 0.415. The van der Waals surface area contributed by atoms with Crippen molar-refractivity contribution in [1.82, 2.24) is 4.57 Å². The van der Waals surface area contributed by atoms with Gasteiger partial charge in [-0.1, -0.05) is 118 Å². The summed E-state index contributed by atoms with van der Waals surface area (Å²) in [7, 11) is 1.71. The topological polar surface area (TPSA) is 17.4 Å². The van der Waals surface area contributed by atoms with E-state index in [1.807, 2.05) is 12.1 Å². The zero-order chi connectivity index (χ0) is 35.4. The number of hydrogen-bond donors (Lipinski definition) is 0. The van der Waals surface area contributed by atoms with Crippen molar-refractivity contribution >= 4 is 33.1 Å². The minimum absolute atomic E-state index is 0.104. The van der Waals surface area contributed by atoms with E-state index < -0.39 is 0 Å². The predicted octanol–water partition coefficient (Wildman–Crippen LogP) is 12.9. The fraction of sp³-hybridized carbons (Fsp3) is 0.143. The van der Waals surface area contributed by atoms with Gasteiger partial charge in [-0.3, -0.25) is 0 Å². The molecule has 0 bridgehead atoms. The van der Waals surface area contributed by atoms with Crippen molar-refractivity contribution in [2.75, 3.05) is 12.0 Å². The number of ether oxygens (including phenoxy) is 1. The van der Waals surface area contributed by atoms with Crippen LogP contribution in [0.4, 0.5) is 11.4 Å². The normalized spacial score (nSPS) is 14.2. The zero-order valence-corrected chi connectivity index (χ0v) is 30.2. The van der Waals surface area contributed by atoms with Crippen molar-refractivity contribution in [3.05, 3.63) is 180 Å². The number of anilines is 2. The highest BCUT2D eigenvalue weighted by molar-refractivity contribution is 5.95. The SMILES string of the molecule is COc1ccc(-n2c(-c3ccc4ccccc4c3)cc3cc(-c4ccc5c(c4)N(c4ccc(C(C)(C)C)cc4)C(c4ccccc4)C5)ccc32)cc1. The molecule has 0 amide bonds.